The molecule has 1 atom stereocenters. The number of amides is 2. The molecule has 2 rings (SSSR count). The summed E-state index contributed by atoms with van der Waals surface area (Å²) in [5.74, 6) is -0.279. The fraction of sp³-hybridized carbons (Fsp3) is 0.529. The van der Waals surface area contributed by atoms with E-state index in [9.17, 15) is 9.59 Å². The highest BCUT2D eigenvalue weighted by atomic mass is 16.2. The highest BCUT2D eigenvalue weighted by Gasteiger charge is 2.38. The Kier molecular flexibility index (Phi) is 3.98. The van der Waals surface area contributed by atoms with Gasteiger partial charge in [0.15, 0.2) is 0 Å². The number of hydrogen-bond donors (Lipinski definition) is 0. The van der Waals surface area contributed by atoms with Gasteiger partial charge in [0, 0.05) is 12.3 Å². The molecule has 1 aliphatic rings. The van der Waals surface area contributed by atoms with Gasteiger partial charge in [-0.05, 0) is 36.0 Å². The maximum atomic E-state index is 12.2. The van der Waals surface area contributed by atoms with Crippen LogP contribution in [0.1, 0.15) is 52.5 Å². The Morgan fingerprint density at radius 3 is 2.20 bits per heavy atom. The van der Waals surface area contributed by atoms with Crippen LogP contribution in [0.25, 0.3) is 0 Å². The van der Waals surface area contributed by atoms with Gasteiger partial charge in [-0.15, -0.1) is 0 Å². The molecule has 1 heterocycles. The van der Waals surface area contributed by atoms with Crippen molar-refractivity contribution in [3.05, 3.63) is 29.8 Å². The van der Waals surface area contributed by atoms with Crippen molar-refractivity contribution in [3.63, 3.8) is 0 Å². The fourth-order valence-corrected chi connectivity index (χ4v) is 2.55. The van der Waals surface area contributed by atoms with Crippen LogP contribution in [0.4, 0.5) is 5.69 Å². The minimum atomic E-state index is -0.144. The van der Waals surface area contributed by atoms with Gasteiger partial charge in [-0.1, -0.05) is 39.8 Å². The van der Waals surface area contributed by atoms with Crippen LogP contribution in [0.3, 0.4) is 0 Å². The van der Waals surface area contributed by atoms with Crippen LogP contribution >= 0.6 is 0 Å². The summed E-state index contributed by atoms with van der Waals surface area (Å²) in [6.45, 7) is 8.50. The normalized spacial score (nSPS) is 19.8. The van der Waals surface area contributed by atoms with Gasteiger partial charge < -0.3 is 0 Å². The van der Waals surface area contributed by atoms with Crippen LogP contribution in [0.15, 0.2) is 24.3 Å². The quantitative estimate of drug-likeness (QED) is 0.785. The number of hydrogen-bond acceptors (Lipinski definition) is 2. The fourth-order valence-electron chi connectivity index (χ4n) is 2.55. The average Bonchev–Trinajstić information content (AvgIpc) is 2.73. The Morgan fingerprint density at radius 1 is 1.15 bits per heavy atom. The minimum Gasteiger partial charge on any atom is -0.274 e. The standard InChI is InChI=1S/C17H23NO2/c1-5-12-11-15(19)18(16(12)20)14-9-7-13(8-10-14)17(3,4)6-2/h7-10,12H,5-6,11H2,1-4H3. The zero-order valence-corrected chi connectivity index (χ0v) is 12.8. The first-order valence-electron chi connectivity index (χ1n) is 7.38. The van der Waals surface area contributed by atoms with Gasteiger partial charge in [-0.2, -0.15) is 0 Å². The van der Waals surface area contributed by atoms with Crippen molar-refractivity contribution >= 4 is 17.5 Å². The third-order valence-electron chi connectivity index (χ3n) is 4.52. The van der Waals surface area contributed by atoms with Crippen molar-refractivity contribution in [1.29, 1.82) is 0 Å². The molecule has 1 aliphatic heterocycles. The molecule has 3 heteroatoms. The van der Waals surface area contributed by atoms with Gasteiger partial charge in [-0.25, -0.2) is 0 Å². The molecule has 1 saturated heterocycles. The lowest BCUT2D eigenvalue weighted by atomic mass is 9.82. The van der Waals surface area contributed by atoms with Crippen molar-refractivity contribution in [2.45, 2.75) is 52.4 Å². The number of rotatable bonds is 4. The lowest BCUT2D eigenvalue weighted by Crippen LogP contribution is -2.30. The molecule has 0 aliphatic carbocycles. The number of nitrogens with zero attached hydrogens (tertiary/aromatic N) is 1. The summed E-state index contributed by atoms with van der Waals surface area (Å²) in [5.41, 5.74) is 2.05. The maximum absolute atomic E-state index is 12.2. The van der Waals surface area contributed by atoms with Crippen molar-refractivity contribution in [1.82, 2.24) is 0 Å². The highest BCUT2D eigenvalue weighted by molar-refractivity contribution is 6.20. The van der Waals surface area contributed by atoms with Crippen LogP contribution in [-0.2, 0) is 15.0 Å². The van der Waals surface area contributed by atoms with Crippen LogP contribution in [0, 0.1) is 5.92 Å². The summed E-state index contributed by atoms with van der Waals surface area (Å²) < 4.78 is 0. The van der Waals surface area contributed by atoms with E-state index in [0.29, 0.717) is 12.1 Å². The molecule has 2 amide bonds. The van der Waals surface area contributed by atoms with E-state index in [4.69, 9.17) is 0 Å². The van der Waals surface area contributed by atoms with Crippen molar-refractivity contribution in [2.75, 3.05) is 4.90 Å². The Morgan fingerprint density at radius 2 is 1.75 bits per heavy atom. The predicted molar refractivity (Wildman–Crippen MR) is 80.7 cm³/mol. The SMILES string of the molecule is CCC1CC(=O)N(c2ccc(C(C)(C)CC)cc2)C1=O. The predicted octanol–water partition coefficient (Wildman–Crippen LogP) is 3.66. The van der Waals surface area contributed by atoms with E-state index in [1.807, 2.05) is 31.2 Å². The summed E-state index contributed by atoms with van der Waals surface area (Å²) in [6, 6.07) is 7.83. The molecule has 1 unspecified atom stereocenters. The van der Waals surface area contributed by atoms with E-state index in [-0.39, 0.29) is 23.1 Å². The van der Waals surface area contributed by atoms with Crippen LogP contribution < -0.4 is 4.90 Å². The molecule has 1 fully saturated rings. The first kappa shape index (κ1) is 14.8. The average molecular weight is 273 g/mol. The molecule has 20 heavy (non-hydrogen) atoms. The monoisotopic (exact) mass is 273 g/mol. The second-order valence-electron chi connectivity index (χ2n) is 6.16. The van der Waals surface area contributed by atoms with Gasteiger partial charge in [0.1, 0.15) is 0 Å². The van der Waals surface area contributed by atoms with Gasteiger partial charge in [0.25, 0.3) is 0 Å². The smallest absolute Gasteiger partial charge is 0.237 e. The third-order valence-corrected chi connectivity index (χ3v) is 4.52. The molecule has 3 nitrogen and oxygen atoms in total. The third kappa shape index (κ3) is 2.49. The Labute approximate surface area is 121 Å². The van der Waals surface area contributed by atoms with Gasteiger partial charge in [-0.3, -0.25) is 14.5 Å². The second kappa shape index (κ2) is 5.39. The van der Waals surface area contributed by atoms with E-state index < -0.39 is 0 Å². The molecule has 1 aromatic carbocycles. The van der Waals surface area contributed by atoms with Crippen molar-refractivity contribution in [3.8, 4) is 0 Å². The number of carbonyl (C=O) groups is 2. The van der Waals surface area contributed by atoms with E-state index in [2.05, 4.69) is 20.8 Å². The first-order chi connectivity index (χ1) is 9.40. The van der Waals surface area contributed by atoms with Crippen LogP contribution in [0.5, 0.6) is 0 Å². The van der Waals surface area contributed by atoms with Gasteiger partial charge >= 0.3 is 0 Å². The van der Waals surface area contributed by atoms with E-state index in [1.165, 1.54) is 10.5 Å². The number of benzene rings is 1. The lowest BCUT2D eigenvalue weighted by molar-refractivity contribution is -0.122. The Hall–Kier alpha value is -1.64. The molecule has 0 aromatic heterocycles. The molecule has 0 N–H and O–H groups in total. The van der Waals surface area contributed by atoms with Crippen molar-refractivity contribution in [2.24, 2.45) is 5.92 Å². The van der Waals surface area contributed by atoms with Gasteiger partial charge in [0.05, 0.1) is 5.69 Å². The molecular weight excluding hydrogens is 250 g/mol. The zero-order chi connectivity index (χ0) is 14.9. The molecule has 108 valence electrons. The lowest BCUT2D eigenvalue weighted by Gasteiger charge is -2.24. The van der Waals surface area contributed by atoms with Gasteiger partial charge in [0.2, 0.25) is 11.8 Å². The molecular formula is C17H23NO2. The first-order valence-corrected chi connectivity index (χ1v) is 7.38. The Bertz CT molecular complexity index is 516. The Balaban J connectivity index is 2.27. The topological polar surface area (TPSA) is 37.4 Å². The molecule has 0 radical (unpaired) electrons. The van der Waals surface area contributed by atoms with Crippen LogP contribution in [0.2, 0.25) is 0 Å². The van der Waals surface area contributed by atoms with Crippen molar-refractivity contribution < 1.29 is 9.59 Å². The molecule has 0 saturated carbocycles. The molecule has 0 spiro atoms. The summed E-state index contributed by atoms with van der Waals surface area (Å²) in [5, 5.41) is 0. The second-order valence-corrected chi connectivity index (χ2v) is 6.16. The zero-order valence-electron chi connectivity index (χ0n) is 12.8. The van der Waals surface area contributed by atoms with Crippen LogP contribution in [-0.4, -0.2) is 11.8 Å². The number of imide groups is 1. The van der Waals surface area contributed by atoms with E-state index in [1.54, 1.807) is 0 Å². The van der Waals surface area contributed by atoms with E-state index in [0.717, 1.165) is 12.8 Å². The largest absolute Gasteiger partial charge is 0.274 e. The minimum absolute atomic E-state index is 0.0556. The number of carbonyl (C=O) groups excluding carboxylic acids is 2. The molecule has 1 aromatic rings. The maximum Gasteiger partial charge on any atom is 0.237 e. The summed E-state index contributed by atoms with van der Waals surface area (Å²) in [7, 11) is 0. The van der Waals surface area contributed by atoms with E-state index >= 15 is 0 Å². The summed E-state index contributed by atoms with van der Waals surface area (Å²) in [6.07, 6.45) is 2.12. The highest BCUT2D eigenvalue weighted by Crippen LogP contribution is 2.31. The summed E-state index contributed by atoms with van der Waals surface area (Å²) >= 11 is 0. The number of anilines is 1. The molecule has 0 bridgehead atoms. The summed E-state index contributed by atoms with van der Waals surface area (Å²) in [4.78, 5) is 25.5.